The Morgan fingerprint density at radius 1 is 1.15 bits per heavy atom. The van der Waals surface area contributed by atoms with Gasteiger partial charge in [-0.1, -0.05) is 31.2 Å². The number of hydrogen-bond donors (Lipinski definition) is 1. The Kier molecular flexibility index (Phi) is 6.82. The van der Waals surface area contributed by atoms with Crippen molar-refractivity contribution in [3.8, 4) is 5.75 Å². The molecule has 5 heteroatoms. The molecule has 1 aliphatic heterocycles. The van der Waals surface area contributed by atoms with Crippen molar-refractivity contribution in [2.75, 3.05) is 26.2 Å². The van der Waals surface area contributed by atoms with E-state index in [0.717, 1.165) is 44.6 Å². The van der Waals surface area contributed by atoms with Gasteiger partial charge in [0.1, 0.15) is 18.2 Å². The monoisotopic (exact) mass is 370 g/mol. The van der Waals surface area contributed by atoms with Gasteiger partial charge < -0.3 is 15.0 Å². The molecule has 2 aromatic rings. The van der Waals surface area contributed by atoms with Crippen LogP contribution in [-0.4, -0.2) is 37.0 Å². The minimum Gasteiger partial charge on any atom is -0.488 e. The van der Waals surface area contributed by atoms with Crippen LogP contribution in [0.1, 0.15) is 35.7 Å². The molecule has 4 nitrogen and oxygen atoms in total. The van der Waals surface area contributed by atoms with E-state index in [1.165, 1.54) is 12.1 Å². The number of rotatable bonds is 7. The Bertz CT molecular complexity index is 740. The number of ether oxygens (including phenoxy) is 1. The predicted molar refractivity (Wildman–Crippen MR) is 104 cm³/mol. The first-order valence-electron chi connectivity index (χ1n) is 9.63. The first-order valence-corrected chi connectivity index (χ1v) is 9.63. The number of carbonyl (C=O) groups excluding carboxylic acids is 1. The molecule has 0 aromatic heterocycles. The quantitative estimate of drug-likeness (QED) is 0.805. The maximum absolute atomic E-state index is 13.0. The number of nitrogens with one attached hydrogen (secondary N) is 1. The molecule has 0 atom stereocenters. The summed E-state index contributed by atoms with van der Waals surface area (Å²) in [7, 11) is 0. The smallest absolute Gasteiger partial charge is 0.257 e. The summed E-state index contributed by atoms with van der Waals surface area (Å²) in [5.74, 6) is 0.957. The Morgan fingerprint density at radius 2 is 1.85 bits per heavy atom. The number of carbonyl (C=O) groups is 1. The summed E-state index contributed by atoms with van der Waals surface area (Å²) < 4.78 is 18.9. The minimum atomic E-state index is -0.271. The highest BCUT2D eigenvalue weighted by molar-refractivity contribution is 5.97. The lowest BCUT2D eigenvalue weighted by Crippen LogP contribution is -2.40. The number of piperidine rings is 1. The molecule has 0 aliphatic carbocycles. The molecule has 1 N–H and O–H groups in total. The van der Waals surface area contributed by atoms with E-state index in [2.05, 4.69) is 12.2 Å². The van der Waals surface area contributed by atoms with Gasteiger partial charge in [0.05, 0.1) is 5.56 Å². The Balaban J connectivity index is 1.61. The van der Waals surface area contributed by atoms with E-state index >= 15 is 0 Å². The lowest BCUT2D eigenvalue weighted by molar-refractivity contribution is 0.0685. The highest BCUT2D eigenvalue weighted by Crippen LogP contribution is 2.24. The van der Waals surface area contributed by atoms with E-state index in [1.807, 2.05) is 29.2 Å². The molecule has 0 bridgehead atoms. The second-order valence-corrected chi connectivity index (χ2v) is 6.95. The zero-order chi connectivity index (χ0) is 19.1. The van der Waals surface area contributed by atoms with Crippen LogP contribution in [0.2, 0.25) is 0 Å². The normalized spacial score (nSPS) is 15.0. The van der Waals surface area contributed by atoms with Gasteiger partial charge in [-0.2, -0.15) is 0 Å². The van der Waals surface area contributed by atoms with Crippen LogP contribution in [0.25, 0.3) is 0 Å². The first kappa shape index (κ1) is 19.4. The van der Waals surface area contributed by atoms with Crippen molar-refractivity contribution in [3.05, 3.63) is 65.5 Å². The molecule has 1 heterocycles. The molecule has 2 aromatic carbocycles. The molecule has 0 radical (unpaired) electrons. The van der Waals surface area contributed by atoms with E-state index in [1.54, 1.807) is 12.1 Å². The van der Waals surface area contributed by atoms with Crippen LogP contribution in [0.4, 0.5) is 4.39 Å². The number of likely N-dealkylation sites (tertiary alicyclic amines) is 1. The molecule has 0 saturated carbocycles. The van der Waals surface area contributed by atoms with Gasteiger partial charge in [-0.3, -0.25) is 4.79 Å². The van der Waals surface area contributed by atoms with Crippen LogP contribution in [0.3, 0.4) is 0 Å². The number of amides is 1. The fourth-order valence-electron chi connectivity index (χ4n) is 3.37. The third kappa shape index (κ3) is 5.30. The van der Waals surface area contributed by atoms with Crippen molar-refractivity contribution in [3.63, 3.8) is 0 Å². The summed E-state index contributed by atoms with van der Waals surface area (Å²) in [5, 5.41) is 3.39. The molecule has 3 rings (SSSR count). The van der Waals surface area contributed by atoms with Crippen LogP contribution in [0.5, 0.6) is 5.75 Å². The van der Waals surface area contributed by atoms with Crippen LogP contribution in [-0.2, 0) is 6.61 Å². The van der Waals surface area contributed by atoms with Crippen molar-refractivity contribution < 1.29 is 13.9 Å². The zero-order valence-corrected chi connectivity index (χ0v) is 15.8. The van der Waals surface area contributed by atoms with Gasteiger partial charge in [-0.15, -0.1) is 0 Å². The molecule has 0 spiro atoms. The Morgan fingerprint density at radius 3 is 2.56 bits per heavy atom. The van der Waals surface area contributed by atoms with Crippen LogP contribution in [0.15, 0.2) is 48.5 Å². The number of nitrogens with zero attached hydrogens (tertiary/aromatic N) is 1. The summed E-state index contributed by atoms with van der Waals surface area (Å²) in [4.78, 5) is 14.9. The summed E-state index contributed by atoms with van der Waals surface area (Å²) in [6.07, 6.45) is 2.05. The highest BCUT2D eigenvalue weighted by atomic mass is 19.1. The van der Waals surface area contributed by atoms with E-state index in [9.17, 15) is 9.18 Å². The van der Waals surface area contributed by atoms with Crippen LogP contribution in [0, 0.1) is 11.7 Å². The molecular weight excluding hydrogens is 343 g/mol. The molecule has 1 saturated heterocycles. The first-order chi connectivity index (χ1) is 13.2. The highest BCUT2D eigenvalue weighted by Gasteiger charge is 2.25. The van der Waals surface area contributed by atoms with Crippen molar-refractivity contribution >= 4 is 5.91 Å². The maximum atomic E-state index is 13.0. The van der Waals surface area contributed by atoms with Crippen LogP contribution >= 0.6 is 0 Å². The predicted octanol–water partition coefficient (Wildman–Crippen LogP) is 3.87. The molecule has 0 unspecified atom stereocenters. The molecule has 1 aliphatic rings. The average Bonchev–Trinajstić information content (AvgIpc) is 2.72. The van der Waals surface area contributed by atoms with Gasteiger partial charge >= 0.3 is 0 Å². The summed E-state index contributed by atoms with van der Waals surface area (Å²) >= 11 is 0. The molecular formula is C22H27FN2O2. The average molecular weight is 370 g/mol. The summed E-state index contributed by atoms with van der Waals surface area (Å²) in [6, 6.07) is 13.5. The standard InChI is InChI=1S/C22H27FN2O2/c1-2-24-15-17-11-13-25(14-12-17)22(26)20-5-3-4-6-21(20)27-16-18-7-9-19(23)10-8-18/h3-10,17,24H,2,11-16H2,1H3. The SMILES string of the molecule is CCNCC1CCN(C(=O)c2ccccc2OCc2ccc(F)cc2)CC1. The fourth-order valence-corrected chi connectivity index (χ4v) is 3.37. The number of halogens is 1. The maximum Gasteiger partial charge on any atom is 0.257 e. The van der Waals surface area contributed by atoms with Gasteiger partial charge in [0.2, 0.25) is 0 Å². The zero-order valence-electron chi connectivity index (χ0n) is 15.8. The minimum absolute atomic E-state index is 0.0200. The Hall–Kier alpha value is -2.40. The second-order valence-electron chi connectivity index (χ2n) is 6.95. The largest absolute Gasteiger partial charge is 0.488 e. The van der Waals surface area contributed by atoms with Gasteiger partial charge in [0.15, 0.2) is 0 Å². The fraction of sp³-hybridized carbons (Fsp3) is 0.409. The van der Waals surface area contributed by atoms with Gasteiger partial charge in [0, 0.05) is 13.1 Å². The molecule has 144 valence electrons. The Labute approximate surface area is 160 Å². The van der Waals surface area contributed by atoms with Crippen molar-refractivity contribution in [2.45, 2.75) is 26.4 Å². The number of para-hydroxylation sites is 1. The van der Waals surface area contributed by atoms with E-state index < -0.39 is 0 Å². The van der Waals surface area contributed by atoms with Gasteiger partial charge in [-0.25, -0.2) is 4.39 Å². The van der Waals surface area contributed by atoms with E-state index in [-0.39, 0.29) is 11.7 Å². The lowest BCUT2D eigenvalue weighted by atomic mass is 9.96. The van der Waals surface area contributed by atoms with E-state index in [0.29, 0.717) is 23.8 Å². The van der Waals surface area contributed by atoms with Crippen molar-refractivity contribution in [1.29, 1.82) is 0 Å². The lowest BCUT2D eigenvalue weighted by Gasteiger charge is -2.32. The molecule has 1 fully saturated rings. The second kappa shape index (κ2) is 9.51. The third-order valence-corrected chi connectivity index (χ3v) is 5.01. The van der Waals surface area contributed by atoms with E-state index in [4.69, 9.17) is 4.74 Å². The number of benzene rings is 2. The van der Waals surface area contributed by atoms with Crippen molar-refractivity contribution in [1.82, 2.24) is 10.2 Å². The van der Waals surface area contributed by atoms with Gasteiger partial charge in [0.25, 0.3) is 5.91 Å². The topological polar surface area (TPSA) is 41.6 Å². The summed E-state index contributed by atoms with van der Waals surface area (Å²) in [5.41, 5.74) is 1.45. The number of hydrogen-bond acceptors (Lipinski definition) is 3. The van der Waals surface area contributed by atoms with Gasteiger partial charge in [-0.05, 0) is 61.7 Å². The molecule has 27 heavy (non-hydrogen) atoms. The molecule has 1 amide bonds. The third-order valence-electron chi connectivity index (χ3n) is 5.01. The van der Waals surface area contributed by atoms with Crippen molar-refractivity contribution in [2.24, 2.45) is 5.92 Å². The summed E-state index contributed by atoms with van der Waals surface area (Å²) in [6.45, 7) is 5.98. The van der Waals surface area contributed by atoms with Crippen LogP contribution < -0.4 is 10.1 Å².